The van der Waals surface area contributed by atoms with E-state index in [1.165, 1.54) is 16.9 Å². The number of carbonyl (C=O) groups excluding carboxylic acids is 1. The summed E-state index contributed by atoms with van der Waals surface area (Å²) >= 11 is 1.47. The fourth-order valence-electron chi connectivity index (χ4n) is 3.86. The molecular weight excluding hydrogens is 408 g/mol. The molecule has 0 saturated carbocycles. The molecule has 2 aromatic carbocycles. The topological polar surface area (TPSA) is 59.4 Å². The quantitative estimate of drug-likeness (QED) is 0.505. The Kier molecular flexibility index (Phi) is 5.55. The van der Waals surface area contributed by atoms with Gasteiger partial charge in [0.15, 0.2) is 0 Å². The molecule has 0 unspecified atom stereocenters. The summed E-state index contributed by atoms with van der Waals surface area (Å²) in [6.07, 6.45) is 0. The van der Waals surface area contributed by atoms with Crippen LogP contribution >= 0.6 is 11.3 Å². The van der Waals surface area contributed by atoms with Crippen LogP contribution < -0.4 is 5.32 Å². The van der Waals surface area contributed by atoms with Crippen molar-refractivity contribution in [3.05, 3.63) is 76.8 Å². The fraction of sp³-hybridized carbons (Fsp3) is 0.250. The van der Waals surface area contributed by atoms with E-state index in [1.807, 2.05) is 60.1 Å². The van der Waals surface area contributed by atoms with Crippen molar-refractivity contribution in [1.82, 2.24) is 14.7 Å². The summed E-state index contributed by atoms with van der Waals surface area (Å²) in [5.74, 6) is -0.0938. The standard InChI is InChI=1S/C24H24N4O2S/c1-17-21-15-22(31-24(21)28(26-17)20-8-3-2-4-9-20)23(29)25-19-7-5-6-18(14-19)16-27-10-12-30-13-11-27/h2-9,14-15H,10-13,16H2,1H3,(H,25,29). The van der Waals surface area contributed by atoms with Crippen molar-refractivity contribution in [3.63, 3.8) is 0 Å². The van der Waals surface area contributed by atoms with Gasteiger partial charge in [-0.1, -0.05) is 30.3 Å². The fourth-order valence-corrected chi connectivity index (χ4v) is 4.94. The summed E-state index contributed by atoms with van der Waals surface area (Å²) in [6, 6.07) is 20.0. The Labute approximate surface area is 185 Å². The molecule has 5 rings (SSSR count). The first kappa shape index (κ1) is 19.9. The summed E-state index contributed by atoms with van der Waals surface area (Å²) in [5.41, 5.74) is 3.91. The van der Waals surface area contributed by atoms with E-state index in [4.69, 9.17) is 4.74 Å². The van der Waals surface area contributed by atoms with Crippen LogP contribution in [0.15, 0.2) is 60.7 Å². The van der Waals surface area contributed by atoms with E-state index in [0.29, 0.717) is 4.88 Å². The van der Waals surface area contributed by atoms with Gasteiger partial charge in [-0.25, -0.2) is 4.68 Å². The van der Waals surface area contributed by atoms with Gasteiger partial charge in [-0.2, -0.15) is 5.10 Å². The summed E-state index contributed by atoms with van der Waals surface area (Å²) < 4.78 is 7.33. The van der Waals surface area contributed by atoms with Gasteiger partial charge in [0.2, 0.25) is 0 Å². The highest BCUT2D eigenvalue weighted by Gasteiger charge is 2.18. The Morgan fingerprint density at radius 3 is 2.71 bits per heavy atom. The third-order valence-electron chi connectivity index (χ3n) is 5.46. The largest absolute Gasteiger partial charge is 0.379 e. The maximum atomic E-state index is 13.0. The van der Waals surface area contributed by atoms with Crippen molar-refractivity contribution in [3.8, 4) is 5.69 Å². The molecule has 1 aliphatic rings. The van der Waals surface area contributed by atoms with Crippen molar-refractivity contribution in [2.45, 2.75) is 13.5 Å². The molecule has 0 atom stereocenters. The number of hydrogen-bond donors (Lipinski definition) is 1. The summed E-state index contributed by atoms with van der Waals surface area (Å²) in [6.45, 7) is 6.28. The second-order valence-electron chi connectivity index (χ2n) is 7.71. The second-order valence-corrected chi connectivity index (χ2v) is 8.74. The molecule has 2 aromatic heterocycles. The zero-order valence-electron chi connectivity index (χ0n) is 17.4. The molecule has 1 amide bonds. The number of rotatable bonds is 5. The van der Waals surface area contributed by atoms with Crippen molar-refractivity contribution in [1.29, 1.82) is 0 Å². The predicted molar refractivity (Wildman–Crippen MR) is 124 cm³/mol. The molecule has 158 valence electrons. The molecule has 1 saturated heterocycles. The summed E-state index contributed by atoms with van der Waals surface area (Å²) in [7, 11) is 0. The summed E-state index contributed by atoms with van der Waals surface area (Å²) in [4.78, 5) is 17.0. The Bertz CT molecular complexity index is 1210. The average Bonchev–Trinajstić information content (AvgIpc) is 3.36. The molecule has 0 aliphatic carbocycles. The van der Waals surface area contributed by atoms with E-state index >= 15 is 0 Å². The number of thiophene rings is 1. The van der Waals surface area contributed by atoms with E-state index in [-0.39, 0.29) is 5.91 Å². The van der Waals surface area contributed by atoms with Gasteiger partial charge in [0, 0.05) is 30.7 Å². The van der Waals surface area contributed by atoms with Crippen LogP contribution in [0.2, 0.25) is 0 Å². The van der Waals surface area contributed by atoms with Crippen molar-refractivity contribution < 1.29 is 9.53 Å². The van der Waals surface area contributed by atoms with E-state index in [9.17, 15) is 4.79 Å². The molecule has 1 aliphatic heterocycles. The van der Waals surface area contributed by atoms with Crippen LogP contribution in [0.4, 0.5) is 5.69 Å². The van der Waals surface area contributed by atoms with Crippen molar-refractivity contribution in [2.75, 3.05) is 31.6 Å². The maximum absolute atomic E-state index is 13.0. The lowest BCUT2D eigenvalue weighted by Gasteiger charge is -2.26. The highest BCUT2D eigenvalue weighted by atomic mass is 32.1. The zero-order valence-corrected chi connectivity index (χ0v) is 18.2. The Hall–Kier alpha value is -3.00. The smallest absolute Gasteiger partial charge is 0.265 e. The molecule has 4 aromatic rings. The first-order valence-electron chi connectivity index (χ1n) is 10.4. The van der Waals surface area contributed by atoms with Crippen LogP contribution in [0.5, 0.6) is 0 Å². The molecule has 1 fully saturated rings. The van der Waals surface area contributed by atoms with Gasteiger partial charge in [0.25, 0.3) is 5.91 Å². The summed E-state index contributed by atoms with van der Waals surface area (Å²) in [5, 5.41) is 8.73. The number of ether oxygens (including phenoxy) is 1. The van der Waals surface area contributed by atoms with Crippen LogP contribution in [0.3, 0.4) is 0 Å². The first-order chi connectivity index (χ1) is 15.2. The van der Waals surface area contributed by atoms with Crippen LogP contribution in [-0.2, 0) is 11.3 Å². The number of aryl methyl sites for hydroxylation is 1. The molecule has 6 nitrogen and oxygen atoms in total. The number of morpholine rings is 1. The predicted octanol–water partition coefficient (Wildman–Crippen LogP) is 4.48. The molecule has 1 N–H and O–H groups in total. The van der Waals surface area contributed by atoms with E-state index in [2.05, 4.69) is 27.4 Å². The lowest BCUT2D eigenvalue weighted by Crippen LogP contribution is -2.35. The molecule has 31 heavy (non-hydrogen) atoms. The Morgan fingerprint density at radius 1 is 1.10 bits per heavy atom. The van der Waals surface area contributed by atoms with Gasteiger partial charge in [-0.05, 0) is 42.8 Å². The van der Waals surface area contributed by atoms with Gasteiger partial charge in [-0.15, -0.1) is 11.3 Å². The lowest BCUT2D eigenvalue weighted by molar-refractivity contribution is 0.0342. The molecule has 3 heterocycles. The van der Waals surface area contributed by atoms with Gasteiger partial charge >= 0.3 is 0 Å². The van der Waals surface area contributed by atoms with Crippen LogP contribution in [0.25, 0.3) is 15.9 Å². The molecule has 0 spiro atoms. The van der Waals surface area contributed by atoms with Crippen LogP contribution in [0, 0.1) is 6.92 Å². The number of fused-ring (bicyclic) bond motifs is 1. The Balaban J connectivity index is 1.35. The minimum atomic E-state index is -0.0938. The van der Waals surface area contributed by atoms with Gasteiger partial charge in [-0.3, -0.25) is 9.69 Å². The normalized spacial score (nSPS) is 14.7. The number of nitrogens with one attached hydrogen (secondary N) is 1. The molecule has 0 radical (unpaired) electrons. The molecule has 7 heteroatoms. The number of nitrogens with zero attached hydrogens (tertiary/aromatic N) is 3. The third-order valence-corrected chi connectivity index (χ3v) is 6.57. The number of anilines is 1. The van der Waals surface area contributed by atoms with E-state index < -0.39 is 0 Å². The van der Waals surface area contributed by atoms with E-state index in [1.54, 1.807) is 0 Å². The number of amides is 1. The minimum absolute atomic E-state index is 0.0938. The maximum Gasteiger partial charge on any atom is 0.265 e. The minimum Gasteiger partial charge on any atom is -0.379 e. The van der Waals surface area contributed by atoms with Crippen molar-refractivity contribution >= 4 is 33.1 Å². The van der Waals surface area contributed by atoms with E-state index in [0.717, 1.165) is 60.1 Å². The highest BCUT2D eigenvalue weighted by molar-refractivity contribution is 7.20. The number of aromatic nitrogens is 2. The molecular formula is C24H24N4O2S. The average molecular weight is 433 g/mol. The zero-order chi connectivity index (χ0) is 21.2. The van der Waals surface area contributed by atoms with Gasteiger partial charge in [0.1, 0.15) is 4.83 Å². The Morgan fingerprint density at radius 2 is 1.90 bits per heavy atom. The molecule has 0 bridgehead atoms. The number of carbonyl (C=O) groups is 1. The van der Waals surface area contributed by atoms with Gasteiger partial charge < -0.3 is 10.1 Å². The number of benzene rings is 2. The van der Waals surface area contributed by atoms with Crippen LogP contribution in [0.1, 0.15) is 20.9 Å². The van der Waals surface area contributed by atoms with Crippen molar-refractivity contribution in [2.24, 2.45) is 0 Å². The first-order valence-corrected chi connectivity index (χ1v) is 11.2. The number of para-hydroxylation sites is 1. The number of hydrogen-bond acceptors (Lipinski definition) is 5. The second kappa shape index (κ2) is 8.63. The monoisotopic (exact) mass is 432 g/mol. The lowest BCUT2D eigenvalue weighted by atomic mass is 10.2. The highest BCUT2D eigenvalue weighted by Crippen LogP contribution is 2.31. The third kappa shape index (κ3) is 4.25. The SMILES string of the molecule is Cc1nn(-c2ccccc2)c2sc(C(=O)Nc3cccc(CN4CCOCC4)c3)cc12. The van der Waals surface area contributed by atoms with Crippen LogP contribution in [-0.4, -0.2) is 46.9 Å². The van der Waals surface area contributed by atoms with Gasteiger partial charge in [0.05, 0.1) is 29.5 Å².